The second kappa shape index (κ2) is 4.11. The van der Waals surface area contributed by atoms with Crippen LogP contribution in [-0.4, -0.2) is 36.7 Å². The molecule has 82 valence electrons. The largest absolute Gasteiger partial charge is 0.369 e. The maximum absolute atomic E-state index is 6.19. The van der Waals surface area contributed by atoms with Crippen molar-refractivity contribution >= 4 is 0 Å². The number of nitrogens with zero attached hydrogens (tertiary/aromatic N) is 1. The van der Waals surface area contributed by atoms with Crippen molar-refractivity contribution in [2.24, 2.45) is 5.92 Å². The van der Waals surface area contributed by atoms with Gasteiger partial charge < -0.3 is 9.64 Å². The van der Waals surface area contributed by atoms with Gasteiger partial charge in [0, 0.05) is 6.54 Å². The molecule has 0 N–H and O–H groups in total. The fourth-order valence-electron chi connectivity index (χ4n) is 2.95. The van der Waals surface area contributed by atoms with Crippen LogP contribution in [0.3, 0.4) is 0 Å². The first kappa shape index (κ1) is 9.61. The highest BCUT2D eigenvalue weighted by molar-refractivity contribution is 5.12. The molecule has 1 unspecified atom stereocenters. The van der Waals surface area contributed by atoms with E-state index in [9.17, 15) is 0 Å². The van der Waals surface area contributed by atoms with Crippen molar-refractivity contribution in [2.45, 2.75) is 31.5 Å². The minimum atomic E-state index is 0.334. The lowest BCUT2D eigenvalue weighted by Crippen LogP contribution is -2.52. The van der Waals surface area contributed by atoms with Gasteiger partial charge >= 0.3 is 0 Å². The summed E-state index contributed by atoms with van der Waals surface area (Å²) in [4.78, 5) is 2.55. The molecule has 4 rings (SSSR count). The van der Waals surface area contributed by atoms with E-state index in [0.29, 0.717) is 12.2 Å². The molecule has 0 aromatic rings. The third kappa shape index (κ3) is 2.01. The molecule has 4 aliphatic rings. The van der Waals surface area contributed by atoms with E-state index in [0.717, 1.165) is 12.3 Å². The van der Waals surface area contributed by atoms with Crippen LogP contribution in [-0.2, 0) is 4.74 Å². The maximum atomic E-state index is 6.19. The van der Waals surface area contributed by atoms with Crippen LogP contribution in [0.2, 0.25) is 0 Å². The van der Waals surface area contributed by atoms with Gasteiger partial charge in [-0.1, -0.05) is 24.3 Å². The Hall–Kier alpha value is -0.600. The molecule has 0 radical (unpaired) electrons. The van der Waals surface area contributed by atoms with Crippen LogP contribution in [0.15, 0.2) is 24.3 Å². The van der Waals surface area contributed by atoms with Crippen molar-refractivity contribution in [3.05, 3.63) is 24.3 Å². The molecule has 3 saturated heterocycles. The number of hydrogen-bond donors (Lipinski definition) is 0. The van der Waals surface area contributed by atoms with E-state index >= 15 is 0 Å². The Morgan fingerprint density at radius 3 is 2.60 bits per heavy atom. The topological polar surface area (TPSA) is 12.5 Å². The smallest absolute Gasteiger partial charge is 0.0797 e. The lowest BCUT2D eigenvalue weighted by molar-refractivity contribution is -0.0886. The molecule has 0 aromatic heterocycles. The number of piperidine rings is 3. The summed E-state index contributed by atoms with van der Waals surface area (Å²) in [5, 5.41) is 0. The maximum Gasteiger partial charge on any atom is 0.0797 e. The van der Waals surface area contributed by atoms with Gasteiger partial charge in [-0.2, -0.15) is 0 Å². The van der Waals surface area contributed by atoms with Crippen molar-refractivity contribution in [3.63, 3.8) is 0 Å². The van der Waals surface area contributed by atoms with Gasteiger partial charge in [0.05, 0.1) is 12.2 Å². The zero-order valence-electron chi connectivity index (χ0n) is 9.14. The molecule has 2 nitrogen and oxygen atoms in total. The lowest BCUT2D eigenvalue weighted by Gasteiger charge is -2.45. The quantitative estimate of drug-likeness (QED) is 0.683. The number of ether oxygens (including phenoxy) is 1. The van der Waals surface area contributed by atoms with E-state index in [1.165, 1.54) is 32.5 Å². The van der Waals surface area contributed by atoms with E-state index in [1.54, 1.807) is 0 Å². The molecule has 3 heterocycles. The highest BCUT2D eigenvalue weighted by Crippen LogP contribution is 2.30. The predicted molar refractivity (Wildman–Crippen MR) is 60.7 cm³/mol. The molecule has 2 atom stereocenters. The van der Waals surface area contributed by atoms with E-state index in [4.69, 9.17) is 4.74 Å². The first-order chi connectivity index (χ1) is 7.42. The van der Waals surface area contributed by atoms with E-state index in [1.807, 2.05) is 0 Å². The van der Waals surface area contributed by atoms with Crippen LogP contribution >= 0.6 is 0 Å². The Morgan fingerprint density at radius 1 is 1.13 bits per heavy atom. The Bertz CT molecular complexity index is 276. The number of allylic oxidation sites excluding steroid dienone is 2. The van der Waals surface area contributed by atoms with Gasteiger partial charge in [0.2, 0.25) is 0 Å². The van der Waals surface area contributed by atoms with Gasteiger partial charge in [0.15, 0.2) is 0 Å². The summed E-state index contributed by atoms with van der Waals surface area (Å²) in [6.07, 6.45) is 13.2. The first-order valence-electron chi connectivity index (χ1n) is 6.13. The van der Waals surface area contributed by atoms with Gasteiger partial charge in [-0.15, -0.1) is 0 Å². The summed E-state index contributed by atoms with van der Waals surface area (Å²) in [5.41, 5.74) is 0. The minimum absolute atomic E-state index is 0.334. The Labute approximate surface area is 91.6 Å². The van der Waals surface area contributed by atoms with Gasteiger partial charge in [0.25, 0.3) is 0 Å². The Kier molecular flexibility index (Phi) is 2.63. The SMILES string of the molecule is C1=CCC(O[C@H]2CN3CCC2CC3)C=C1. The molecule has 1 aliphatic carbocycles. The predicted octanol–water partition coefficient (Wildman–Crippen LogP) is 1.98. The highest BCUT2D eigenvalue weighted by Gasteiger charge is 2.35. The third-order valence-electron chi connectivity index (χ3n) is 3.89. The van der Waals surface area contributed by atoms with Gasteiger partial charge in [-0.05, 0) is 38.3 Å². The summed E-state index contributed by atoms with van der Waals surface area (Å²) >= 11 is 0. The Morgan fingerprint density at radius 2 is 2.00 bits per heavy atom. The van der Waals surface area contributed by atoms with E-state index in [2.05, 4.69) is 29.2 Å². The van der Waals surface area contributed by atoms with Crippen LogP contribution in [0.4, 0.5) is 0 Å². The van der Waals surface area contributed by atoms with Crippen molar-refractivity contribution in [3.8, 4) is 0 Å². The van der Waals surface area contributed by atoms with Crippen LogP contribution in [0.25, 0.3) is 0 Å². The molecule has 0 amide bonds. The molecule has 15 heavy (non-hydrogen) atoms. The second-order valence-corrected chi connectivity index (χ2v) is 4.90. The molecule has 2 heteroatoms. The number of hydrogen-bond acceptors (Lipinski definition) is 2. The van der Waals surface area contributed by atoms with Crippen molar-refractivity contribution in [1.29, 1.82) is 0 Å². The minimum Gasteiger partial charge on any atom is -0.369 e. The Balaban J connectivity index is 1.59. The monoisotopic (exact) mass is 205 g/mol. The van der Waals surface area contributed by atoms with Crippen LogP contribution < -0.4 is 0 Å². The molecule has 3 fully saturated rings. The molecule has 0 aromatic carbocycles. The standard InChI is InChI=1S/C13H19NO/c1-2-4-12(5-3-1)15-13-10-14-8-6-11(13)7-9-14/h1-4,11-13H,5-10H2/t12?,13-/m0/s1. The average molecular weight is 205 g/mol. The fraction of sp³-hybridized carbons (Fsp3) is 0.692. The summed E-state index contributed by atoms with van der Waals surface area (Å²) in [6.45, 7) is 3.76. The van der Waals surface area contributed by atoms with E-state index < -0.39 is 0 Å². The molecule has 0 spiro atoms. The number of rotatable bonds is 2. The molecule has 2 bridgehead atoms. The molecular formula is C13H19NO. The summed E-state index contributed by atoms with van der Waals surface area (Å²) in [6, 6.07) is 0. The van der Waals surface area contributed by atoms with Crippen molar-refractivity contribution in [2.75, 3.05) is 19.6 Å². The summed E-state index contributed by atoms with van der Waals surface area (Å²) < 4.78 is 6.19. The van der Waals surface area contributed by atoms with Gasteiger partial charge in [-0.3, -0.25) is 0 Å². The fourth-order valence-corrected chi connectivity index (χ4v) is 2.95. The lowest BCUT2D eigenvalue weighted by atomic mass is 9.85. The molecule has 3 aliphatic heterocycles. The zero-order valence-corrected chi connectivity index (χ0v) is 9.14. The third-order valence-corrected chi connectivity index (χ3v) is 3.89. The molecular weight excluding hydrogens is 186 g/mol. The van der Waals surface area contributed by atoms with Crippen LogP contribution in [0.1, 0.15) is 19.3 Å². The highest BCUT2D eigenvalue weighted by atomic mass is 16.5. The second-order valence-electron chi connectivity index (χ2n) is 4.90. The van der Waals surface area contributed by atoms with Gasteiger partial charge in [0.1, 0.15) is 0 Å². The average Bonchev–Trinajstić information content (AvgIpc) is 2.32. The summed E-state index contributed by atoms with van der Waals surface area (Å²) in [5.74, 6) is 0.828. The molecule has 0 saturated carbocycles. The van der Waals surface area contributed by atoms with E-state index in [-0.39, 0.29) is 0 Å². The normalized spacial score (nSPS) is 43.5. The van der Waals surface area contributed by atoms with Crippen molar-refractivity contribution < 1.29 is 4.74 Å². The zero-order chi connectivity index (χ0) is 10.1. The first-order valence-corrected chi connectivity index (χ1v) is 6.13. The van der Waals surface area contributed by atoms with Crippen LogP contribution in [0, 0.1) is 5.92 Å². The number of fused-ring (bicyclic) bond motifs is 3. The van der Waals surface area contributed by atoms with Gasteiger partial charge in [-0.25, -0.2) is 0 Å². The summed E-state index contributed by atoms with van der Waals surface area (Å²) in [7, 11) is 0. The van der Waals surface area contributed by atoms with Crippen molar-refractivity contribution in [1.82, 2.24) is 4.90 Å². The van der Waals surface area contributed by atoms with Crippen LogP contribution in [0.5, 0.6) is 0 Å².